The van der Waals surface area contributed by atoms with Crippen molar-refractivity contribution in [1.29, 1.82) is 0 Å². The normalized spacial score (nSPS) is 13.3. The molecule has 3 aromatic rings. The second-order valence-electron chi connectivity index (χ2n) is 9.33. The van der Waals surface area contributed by atoms with Crippen LogP contribution >= 0.6 is 0 Å². The number of rotatable bonds is 12. The standard InChI is InChI=1S/C29H37N3O4S/c1-5-22(3)30-29(34)27(6-2)32(19-18-23-12-8-7-9-13-23)28(33)21-31(4)37(35,36)26-17-16-24-14-10-11-15-25(24)20-26/h7-17,20,22,27H,5-6,18-19,21H2,1-4H3,(H,30,34)/t22-,27+/m0/s1. The highest BCUT2D eigenvalue weighted by Crippen LogP contribution is 2.21. The molecular formula is C29H37N3O4S. The first kappa shape index (κ1) is 28.3. The summed E-state index contributed by atoms with van der Waals surface area (Å²) in [5.74, 6) is -0.632. The van der Waals surface area contributed by atoms with Gasteiger partial charge in [0, 0.05) is 19.6 Å². The molecule has 2 atom stereocenters. The highest BCUT2D eigenvalue weighted by atomic mass is 32.2. The van der Waals surface area contributed by atoms with Gasteiger partial charge in [-0.1, -0.05) is 74.5 Å². The molecular weight excluding hydrogens is 486 g/mol. The molecule has 7 nitrogen and oxygen atoms in total. The topological polar surface area (TPSA) is 86.8 Å². The van der Waals surface area contributed by atoms with Crippen molar-refractivity contribution >= 4 is 32.6 Å². The van der Waals surface area contributed by atoms with Crippen molar-refractivity contribution in [3.63, 3.8) is 0 Å². The average molecular weight is 524 g/mol. The molecule has 3 aromatic carbocycles. The number of nitrogens with one attached hydrogen (secondary N) is 1. The fourth-order valence-corrected chi connectivity index (χ4v) is 5.37. The van der Waals surface area contributed by atoms with Gasteiger partial charge in [0.2, 0.25) is 21.8 Å². The van der Waals surface area contributed by atoms with Gasteiger partial charge in [0.15, 0.2) is 0 Å². The van der Waals surface area contributed by atoms with Crippen molar-refractivity contribution in [2.24, 2.45) is 0 Å². The zero-order chi connectivity index (χ0) is 27.0. The minimum atomic E-state index is -3.92. The molecule has 0 saturated heterocycles. The van der Waals surface area contributed by atoms with Crippen LogP contribution in [0.5, 0.6) is 0 Å². The zero-order valence-electron chi connectivity index (χ0n) is 22.1. The van der Waals surface area contributed by atoms with Crippen molar-refractivity contribution in [2.75, 3.05) is 20.1 Å². The van der Waals surface area contributed by atoms with E-state index >= 15 is 0 Å². The molecule has 0 aromatic heterocycles. The Morgan fingerprint density at radius 2 is 1.54 bits per heavy atom. The molecule has 0 aliphatic rings. The van der Waals surface area contributed by atoms with E-state index in [1.165, 1.54) is 11.9 Å². The molecule has 1 N–H and O–H groups in total. The van der Waals surface area contributed by atoms with Crippen molar-refractivity contribution < 1.29 is 18.0 Å². The zero-order valence-corrected chi connectivity index (χ0v) is 22.9. The van der Waals surface area contributed by atoms with Crippen molar-refractivity contribution in [3.05, 3.63) is 78.4 Å². The first-order valence-corrected chi connectivity index (χ1v) is 14.2. The highest BCUT2D eigenvalue weighted by molar-refractivity contribution is 7.89. The molecule has 0 aliphatic heterocycles. The Bertz CT molecular complexity index is 1310. The van der Waals surface area contributed by atoms with Crippen LogP contribution in [-0.4, -0.2) is 61.7 Å². The monoisotopic (exact) mass is 523 g/mol. The summed E-state index contributed by atoms with van der Waals surface area (Å²) in [5.41, 5.74) is 1.04. The Balaban J connectivity index is 1.83. The number of fused-ring (bicyclic) bond motifs is 1. The van der Waals surface area contributed by atoms with Crippen LogP contribution in [0.2, 0.25) is 0 Å². The van der Waals surface area contributed by atoms with Crippen LogP contribution in [0.3, 0.4) is 0 Å². The van der Waals surface area contributed by atoms with E-state index in [4.69, 9.17) is 0 Å². The third-order valence-corrected chi connectivity index (χ3v) is 8.46. The maximum absolute atomic E-state index is 13.6. The van der Waals surface area contributed by atoms with Gasteiger partial charge in [-0.3, -0.25) is 9.59 Å². The maximum Gasteiger partial charge on any atom is 0.243 e. The second-order valence-corrected chi connectivity index (χ2v) is 11.4. The number of benzene rings is 3. The number of carbonyl (C=O) groups is 2. The first-order chi connectivity index (χ1) is 17.7. The lowest BCUT2D eigenvalue weighted by molar-refractivity contribution is -0.141. The fraction of sp³-hybridized carbons (Fsp3) is 0.379. The van der Waals surface area contributed by atoms with Gasteiger partial charge < -0.3 is 10.2 Å². The molecule has 0 aliphatic carbocycles. The van der Waals surface area contributed by atoms with Crippen molar-refractivity contribution in [1.82, 2.24) is 14.5 Å². The van der Waals surface area contributed by atoms with Crippen LogP contribution in [0, 0.1) is 0 Å². The summed E-state index contributed by atoms with van der Waals surface area (Å²) in [6.45, 7) is 5.71. The van der Waals surface area contributed by atoms with Gasteiger partial charge in [0.05, 0.1) is 11.4 Å². The van der Waals surface area contributed by atoms with Crippen LogP contribution in [0.1, 0.15) is 39.2 Å². The van der Waals surface area contributed by atoms with Crippen LogP contribution in [-0.2, 0) is 26.0 Å². The average Bonchev–Trinajstić information content (AvgIpc) is 2.90. The third kappa shape index (κ3) is 7.17. The van der Waals surface area contributed by atoms with Gasteiger partial charge in [-0.2, -0.15) is 4.31 Å². The summed E-state index contributed by atoms with van der Waals surface area (Å²) in [5, 5.41) is 4.72. The molecule has 0 saturated carbocycles. The SMILES string of the molecule is CC[C@H](C(=O)N[C@@H](C)CC)N(CCc1ccccc1)C(=O)CN(C)S(=O)(=O)c1ccc2ccccc2c1. The maximum atomic E-state index is 13.6. The van der Waals surface area contributed by atoms with E-state index in [9.17, 15) is 18.0 Å². The van der Waals surface area contributed by atoms with Crippen LogP contribution in [0.25, 0.3) is 10.8 Å². The van der Waals surface area contributed by atoms with E-state index in [2.05, 4.69) is 5.32 Å². The Labute approximate surface area is 220 Å². The lowest BCUT2D eigenvalue weighted by atomic mass is 10.1. The lowest BCUT2D eigenvalue weighted by Crippen LogP contribution is -2.53. The smallest absolute Gasteiger partial charge is 0.243 e. The number of hydrogen-bond donors (Lipinski definition) is 1. The number of amides is 2. The molecule has 198 valence electrons. The number of carbonyl (C=O) groups excluding carboxylic acids is 2. The van der Waals surface area contributed by atoms with Gasteiger partial charge in [0.1, 0.15) is 6.04 Å². The Morgan fingerprint density at radius 1 is 0.892 bits per heavy atom. The highest BCUT2D eigenvalue weighted by Gasteiger charge is 2.32. The summed E-state index contributed by atoms with van der Waals surface area (Å²) in [6.07, 6.45) is 1.75. The Morgan fingerprint density at radius 3 is 2.19 bits per heavy atom. The molecule has 37 heavy (non-hydrogen) atoms. The quantitative estimate of drug-likeness (QED) is 0.385. The Hall–Kier alpha value is -3.23. The van der Waals surface area contributed by atoms with Gasteiger partial charge in [0.25, 0.3) is 0 Å². The molecule has 0 fully saturated rings. The van der Waals surface area contributed by atoms with E-state index in [0.29, 0.717) is 19.4 Å². The molecule has 2 amide bonds. The molecule has 0 unspecified atom stereocenters. The van der Waals surface area contributed by atoms with Crippen LogP contribution < -0.4 is 5.32 Å². The number of hydrogen-bond acceptors (Lipinski definition) is 4. The van der Waals surface area contributed by atoms with Gasteiger partial charge >= 0.3 is 0 Å². The largest absolute Gasteiger partial charge is 0.352 e. The molecule has 8 heteroatoms. The van der Waals surface area contributed by atoms with E-state index in [1.54, 1.807) is 18.2 Å². The first-order valence-electron chi connectivity index (χ1n) is 12.8. The number of sulfonamides is 1. The summed E-state index contributed by atoms with van der Waals surface area (Å²) < 4.78 is 27.8. The molecule has 0 bridgehead atoms. The molecule has 0 spiro atoms. The van der Waals surface area contributed by atoms with E-state index < -0.39 is 22.0 Å². The molecule has 0 heterocycles. The van der Waals surface area contributed by atoms with Crippen LogP contribution in [0.15, 0.2) is 77.7 Å². The van der Waals surface area contributed by atoms with Gasteiger partial charge in [-0.25, -0.2) is 8.42 Å². The second kappa shape index (κ2) is 12.8. The van der Waals surface area contributed by atoms with Gasteiger partial charge in [-0.15, -0.1) is 0 Å². The van der Waals surface area contributed by atoms with E-state index in [1.807, 2.05) is 75.4 Å². The summed E-state index contributed by atoms with van der Waals surface area (Å²) in [7, 11) is -2.52. The summed E-state index contributed by atoms with van der Waals surface area (Å²) in [6, 6.07) is 21.5. The summed E-state index contributed by atoms with van der Waals surface area (Å²) >= 11 is 0. The minimum Gasteiger partial charge on any atom is -0.352 e. The van der Waals surface area contributed by atoms with Gasteiger partial charge in [-0.05, 0) is 54.7 Å². The fourth-order valence-electron chi connectivity index (χ4n) is 4.21. The minimum absolute atomic E-state index is 0.0245. The lowest BCUT2D eigenvalue weighted by Gasteiger charge is -2.32. The predicted molar refractivity (Wildman–Crippen MR) is 148 cm³/mol. The third-order valence-electron chi connectivity index (χ3n) is 6.66. The molecule has 0 radical (unpaired) electrons. The number of likely N-dealkylation sites (N-methyl/N-ethyl adjacent to an activating group) is 1. The van der Waals surface area contributed by atoms with Crippen molar-refractivity contribution in [2.45, 2.75) is 57.0 Å². The van der Waals surface area contributed by atoms with Crippen LogP contribution in [0.4, 0.5) is 0 Å². The Kier molecular flexibility index (Phi) is 9.83. The predicted octanol–water partition coefficient (Wildman–Crippen LogP) is 4.22. The number of nitrogens with zero attached hydrogens (tertiary/aromatic N) is 2. The van der Waals surface area contributed by atoms with Crippen molar-refractivity contribution in [3.8, 4) is 0 Å². The van der Waals surface area contributed by atoms with E-state index in [-0.39, 0.29) is 23.4 Å². The van der Waals surface area contributed by atoms with E-state index in [0.717, 1.165) is 27.1 Å². The summed E-state index contributed by atoms with van der Waals surface area (Å²) in [4.78, 5) is 28.3. The molecule has 3 rings (SSSR count).